The molecule has 1 aromatic heterocycles. The van der Waals surface area contributed by atoms with Crippen LogP contribution in [0.4, 0.5) is 10.2 Å². The molecule has 1 rings (SSSR count). The van der Waals surface area contributed by atoms with Gasteiger partial charge in [0, 0.05) is 7.05 Å². The zero-order valence-electron chi connectivity index (χ0n) is 8.10. The first-order valence-electron chi connectivity index (χ1n) is 3.86. The first kappa shape index (κ1) is 11.4. The quantitative estimate of drug-likeness (QED) is 0.739. The summed E-state index contributed by atoms with van der Waals surface area (Å²) in [5, 5.41) is 8.68. The van der Waals surface area contributed by atoms with Crippen molar-refractivity contribution in [2.24, 2.45) is 0 Å². The molecule has 0 aromatic carbocycles. The SMILES string of the molecule is CN(c1ncc(F)cc1C#N)S(C)(=O)=O. The third-order valence-corrected chi connectivity index (χ3v) is 2.92. The molecule has 0 aliphatic rings. The summed E-state index contributed by atoms with van der Waals surface area (Å²) in [4.78, 5) is 3.56. The number of nitrogens with zero attached hydrogens (tertiary/aromatic N) is 3. The molecule has 0 atom stereocenters. The van der Waals surface area contributed by atoms with E-state index in [9.17, 15) is 12.8 Å². The van der Waals surface area contributed by atoms with Crippen LogP contribution >= 0.6 is 0 Å². The van der Waals surface area contributed by atoms with Crippen LogP contribution in [-0.2, 0) is 10.0 Å². The van der Waals surface area contributed by atoms with E-state index < -0.39 is 15.8 Å². The molecule has 0 saturated carbocycles. The van der Waals surface area contributed by atoms with Gasteiger partial charge in [-0.1, -0.05) is 0 Å². The molecule has 0 N–H and O–H groups in total. The molecule has 0 spiro atoms. The molecule has 0 unspecified atom stereocenters. The fourth-order valence-corrected chi connectivity index (χ4v) is 1.38. The highest BCUT2D eigenvalue weighted by Gasteiger charge is 2.17. The van der Waals surface area contributed by atoms with Crippen molar-refractivity contribution in [2.45, 2.75) is 0 Å². The van der Waals surface area contributed by atoms with E-state index in [1.54, 1.807) is 6.07 Å². The van der Waals surface area contributed by atoms with Crippen LogP contribution in [-0.4, -0.2) is 26.7 Å². The summed E-state index contributed by atoms with van der Waals surface area (Å²) in [5.74, 6) is -0.765. The van der Waals surface area contributed by atoms with Gasteiger partial charge in [0.1, 0.15) is 11.9 Å². The van der Waals surface area contributed by atoms with Crippen molar-refractivity contribution in [1.82, 2.24) is 4.98 Å². The van der Waals surface area contributed by atoms with Gasteiger partial charge in [0.2, 0.25) is 10.0 Å². The highest BCUT2D eigenvalue weighted by Crippen LogP contribution is 2.18. The van der Waals surface area contributed by atoms with Gasteiger partial charge in [-0.05, 0) is 6.07 Å². The van der Waals surface area contributed by atoms with Gasteiger partial charge in [0.25, 0.3) is 0 Å². The number of sulfonamides is 1. The van der Waals surface area contributed by atoms with Crippen LogP contribution in [0, 0.1) is 17.1 Å². The summed E-state index contributed by atoms with van der Waals surface area (Å²) in [6.07, 6.45) is 1.83. The van der Waals surface area contributed by atoms with Crippen LogP contribution in [0.1, 0.15) is 5.56 Å². The third kappa shape index (κ3) is 2.41. The van der Waals surface area contributed by atoms with Gasteiger partial charge in [0.05, 0.1) is 18.0 Å². The molecule has 0 aliphatic carbocycles. The molecule has 7 heteroatoms. The topological polar surface area (TPSA) is 74.1 Å². The van der Waals surface area contributed by atoms with Crippen LogP contribution in [0.5, 0.6) is 0 Å². The molecular formula is C8H8FN3O2S. The average Bonchev–Trinajstić information content (AvgIpc) is 2.15. The van der Waals surface area contributed by atoms with Crippen molar-refractivity contribution in [2.75, 3.05) is 17.6 Å². The van der Waals surface area contributed by atoms with Gasteiger partial charge in [-0.2, -0.15) is 5.26 Å². The number of hydrogen-bond donors (Lipinski definition) is 0. The molecule has 0 radical (unpaired) electrons. The lowest BCUT2D eigenvalue weighted by Crippen LogP contribution is -2.26. The Hall–Kier alpha value is -1.68. The summed E-state index contributed by atoms with van der Waals surface area (Å²) >= 11 is 0. The summed E-state index contributed by atoms with van der Waals surface area (Å²) < 4.78 is 35.9. The van der Waals surface area contributed by atoms with Crippen LogP contribution in [0.2, 0.25) is 0 Å². The van der Waals surface area contributed by atoms with Crippen molar-refractivity contribution in [3.05, 3.63) is 23.6 Å². The lowest BCUT2D eigenvalue weighted by Gasteiger charge is -2.16. The predicted octanol–water partition coefficient (Wildman–Crippen LogP) is 0.488. The first-order valence-corrected chi connectivity index (χ1v) is 5.70. The molecule has 1 aromatic rings. The van der Waals surface area contributed by atoms with Gasteiger partial charge < -0.3 is 0 Å². The van der Waals surface area contributed by atoms with E-state index in [4.69, 9.17) is 5.26 Å². The molecule has 0 bridgehead atoms. The number of anilines is 1. The summed E-state index contributed by atoms with van der Waals surface area (Å²) in [7, 11) is -2.26. The Morgan fingerprint density at radius 3 is 2.67 bits per heavy atom. The number of pyridine rings is 1. The lowest BCUT2D eigenvalue weighted by atomic mass is 10.3. The lowest BCUT2D eigenvalue weighted by molar-refractivity contribution is 0.598. The Balaban J connectivity index is 3.34. The van der Waals surface area contributed by atoms with Crippen molar-refractivity contribution < 1.29 is 12.8 Å². The fourth-order valence-electron chi connectivity index (χ4n) is 0.922. The zero-order valence-corrected chi connectivity index (χ0v) is 8.92. The van der Waals surface area contributed by atoms with Gasteiger partial charge in [-0.25, -0.2) is 17.8 Å². The first-order chi connectivity index (χ1) is 6.86. The number of aromatic nitrogens is 1. The molecule has 80 valence electrons. The Bertz CT molecular complexity index is 521. The zero-order chi connectivity index (χ0) is 11.6. The normalized spacial score (nSPS) is 10.8. The van der Waals surface area contributed by atoms with Crippen LogP contribution in [0.15, 0.2) is 12.3 Å². The number of rotatable bonds is 2. The Kier molecular flexibility index (Phi) is 2.90. The van der Waals surface area contributed by atoms with E-state index >= 15 is 0 Å². The van der Waals surface area contributed by atoms with E-state index in [1.165, 1.54) is 7.05 Å². The fraction of sp³-hybridized carbons (Fsp3) is 0.250. The molecule has 1 heterocycles. The average molecular weight is 229 g/mol. The maximum Gasteiger partial charge on any atom is 0.233 e. The van der Waals surface area contributed by atoms with E-state index in [1.807, 2.05) is 0 Å². The van der Waals surface area contributed by atoms with Crippen LogP contribution < -0.4 is 4.31 Å². The molecule has 0 saturated heterocycles. The monoisotopic (exact) mass is 229 g/mol. The van der Waals surface area contributed by atoms with Gasteiger partial charge in [-0.15, -0.1) is 0 Å². The number of nitriles is 1. The highest BCUT2D eigenvalue weighted by molar-refractivity contribution is 7.92. The minimum absolute atomic E-state index is 0.0820. The molecule has 0 aliphatic heterocycles. The summed E-state index contributed by atoms with van der Waals surface area (Å²) in [5.41, 5.74) is -0.122. The summed E-state index contributed by atoms with van der Waals surface area (Å²) in [6, 6.07) is 2.62. The maximum absolute atomic E-state index is 12.7. The Labute approximate surface area is 86.8 Å². The maximum atomic E-state index is 12.7. The van der Waals surface area contributed by atoms with Gasteiger partial charge >= 0.3 is 0 Å². The van der Waals surface area contributed by atoms with Crippen molar-refractivity contribution in [3.8, 4) is 6.07 Å². The molecule has 0 fully saturated rings. The largest absolute Gasteiger partial charge is 0.256 e. The second kappa shape index (κ2) is 3.82. The summed E-state index contributed by atoms with van der Waals surface area (Å²) in [6.45, 7) is 0. The second-order valence-corrected chi connectivity index (χ2v) is 4.88. The minimum Gasteiger partial charge on any atom is -0.256 e. The van der Waals surface area contributed by atoms with E-state index in [0.29, 0.717) is 0 Å². The minimum atomic E-state index is -3.50. The van der Waals surface area contributed by atoms with Crippen molar-refractivity contribution in [1.29, 1.82) is 5.26 Å². The van der Waals surface area contributed by atoms with Gasteiger partial charge in [0.15, 0.2) is 5.82 Å². The molecule has 0 amide bonds. The number of halogens is 1. The Morgan fingerprint density at radius 1 is 1.60 bits per heavy atom. The molecule has 5 nitrogen and oxygen atoms in total. The van der Waals surface area contributed by atoms with Crippen molar-refractivity contribution >= 4 is 15.8 Å². The van der Waals surface area contributed by atoms with Crippen LogP contribution in [0.25, 0.3) is 0 Å². The van der Waals surface area contributed by atoms with E-state index in [0.717, 1.165) is 22.8 Å². The van der Waals surface area contributed by atoms with Crippen molar-refractivity contribution in [3.63, 3.8) is 0 Å². The standard InChI is InChI=1S/C8H8FN3O2S/c1-12(15(2,13)14)8-6(4-10)3-7(9)5-11-8/h3,5H,1-2H3. The smallest absolute Gasteiger partial charge is 0.233 e. The number of hydrogen-bond acceptors (Lipinski definition) is 4. The highest BCUT2D eigenvalue weighted by atomic mass is 32.2. The van der Waals surface area contributed by atoms with Crippen LogP contribution in [0.3, 0.4) is 0 Å². The molecular weight excluding hydrogens is 221 g/mol. The second-order valence-electron chi connectivity index (χ2n) is 2.87. The van der Waals surface area contributed by atoms with E-state index in [2.05, 4.69) is 4.98 Å². The van der Waals surface area contributed by atoms with Gasteiger partial charge in [-0.3, -0.25) is 4.31 Å². The van der Waals surface area contributed by atoms with E-state index in [-0.39, 0.29) is 11.4 Å². The molecule has 15 heavy (non-hydrogen) atoms. The Morgan fingerprint density at radius 2 is 2.20 bits per heavy atom. The third-order valence-electron chi connectivity index (χ3n) is 1.75. The predicted molar refractivity (Wildman–Crippen MR) is 52.2 cm³/mol.